The van der Waals surface area contributed by atoms with Gasteiger partial charge in [0.1, 0.15) is 0 Å². The molecule has 0 aliphatic rings. The lowest BCUT2D eigenvalue weighted by Crippen LogP contribution is -2.33. The number of hydrogen-bond donors (Lipinski definition) is 2. The highest BCUT2D eigenvalue weighted by molar-refractivity contribution is 5.89. The monoisotopic (exact) mass is 278 g/mol. The van der Waals surface area contributed by atoms with Gasteiger partial charge in [-0.15, -0.1) is 0 Å². The van der Waals surface area contributed by atoms with Gasteiger partial charge >= 0.3 is 5.97 Å². The van der Waals surface area contributed by atoms with Gasteiger partial charge in [-0.25, -0.2) is 4.79 Å². The van der Waals surface area contributed by atoms with Crippen LogP contribution in [0.25, 0.3) is 0 Å². The number of nitrogens with zero attached hydrogens (tertiary/aromatic N) is 1. The van der Waals surface area contributed by atoms with Crippen LogP contribution < -0.4 is 5.32 Å². The molecule has 4 nitrogen and oxygen atoms in total. The van der Waals surface area contributed by atoms with E-state index in [2.05, 4.69) is 38.2 Å². The van der Waals surface area contributed by atoms with Gasteiger partial charge in [-0.1, -0.05) is 13.8 Å². The molecule has 0 bridgehead atoms. The maximum absolute atomic E-state index is 11.0. The Bertz CT molecular complexity index is 446. The van der Waals surface area contributed by atoms with Crippen LogP contribution in [0.15, 0.2) is 18.2 Å². The van der Waals surface area contributed by atoms with Gasteiger partial charge in [0.25, 0.3) is 0 Å². The van der Waals surface area contributed by atoms with Crippen LogP contribution in [-0.4, -0.2) is 42.7 Å². The molecule has 2 N–H and O–H groups in total. The Morgan fingerprint density at radius 1 is 1.35 bits per heavy atom. The van der Waals surface area contributed by atoms with Crippen LogP contribution in [0.1, 0.15) is 36.2 Å². The highest BCUT2D eigenvalue weighted by Crippen LogP contribution is 2.18. The summed E-state index contributed by atoms with van der Waals surface area (Å²) in [5.74, 6) is -0.257. The number of carboxylic acid groups (broad SMARTS) is 1. The molecule has 1 atom stereocenters. The SMILES string of the molecule is Cc1cc(NC(CC(C)C)CN(C)C)ccc1C(=O)O. The largest absolute Gasteiger partial charge is 0.478 e. The Kier molecular flexibility index (Phi) is 6.02. The summed E-state index contributed by atoms with van der Waals surface area (Å²) in [7, 11) is 4.13. The molecule has 0 aliphatic carbocycles. The van der Waals surface area contributed by atoms with Gasteiger partial charge in [-0.3, -0.25) is 0 Å². The third-order valence-corrected chi connectivity index (χ3v) is 3.17. The van der Waals surface area contributed by atoms with Crippen LogP contribution in [0.2, 0.25) is 0 Å². The van der Waals surface area contributed by atoms with Crippen LogP contribution in [0.4, 0.5) is 5.69 Å². The third kappa shape index (κ3) is 5.21. The molecule has 0 aliphatic heterocycles. The first-order valence-corrected chi connectivity index (χ1v) is 7.04. The third-order valence-electron chi connectivity index (χ3n) is 3.17. The molecule has 4 heteroatoms. The van der Waals surface area contributed by atoms with Gasteiger partial charge < -0.3 is 15.3 Å². The second-order valence-corrected chi connectivity index (χ2v) is 6.07. The number of anilines is 1. The number of likely N-dealkylation sites (N-methyl/N-ethyl adjacent to an activating group) is 1. The molecule has 1 rings (SSSR count). The molecular weight excluding hydrogens is 252 g/mol. The lowest BCUT2D eigenvalue weighted by Gasteiger charge is -2.25. The summed E-state index contributed by atoms with van der Waals surface area (Å²) < 4.78 is 0. The number of aryl methyl sites for hydroxylation is 1. The Morgan fingerprint density at radius 2 is 2.00 bits per heavy atom. The minimum atomic E-state index is -0.874. The maximum atomic E-state index is 11.0. The molecule has 1 aromatic carbocycles. The van der Waals surface area contributed by atoms with Crippen LogP contribution in [0, 0.1) is 12.8 Å². The summed E-state index contributed by atoms with van der Waals surface area (Å²) in [4.78, 5) is 13.2. The molecule has 0 saturated carbocycles. The zero-order valence-corrected chi connectivity index (χ0v) is 13.1. The molecular formula is C16H26N2O2. The Hall–Kier alpha value is -1.55. The average molecular weight is 278 g/mol. The lowest BCUT2D eigenvalue weighted by atomic mass is 10.0. The second kappa shape index (κ2) is 7.29. The molecule has 1 unspecified atom stereocenters. The van der Waals surface area contributed by atoms with Crippen molar-refractivity contribution < 1.29 is 9.90 Å². The molecule has 0 saturated heterocycles. The zero-order chi connectivity index (χ0) is 15.3. The lowest BCUT2D eigenvalue weighted by molar-refractivity contribution is 0.0696. The van der Waals surface area contributed by atoms with E-state index in [1.807, 2.05) is 19.1 Å². The number of aromatic carboxylic acids is 1. The van der Waals surface area contributed by atoms with Gasteiger partial charge in [0.15, 0.2) is 0 Å². The first-order chi connectivity index (χ1) is 9.29. The van der Waals surface area contributed by atoms with Crippen molar-refractivity contribution >= 4 is 11.7 Å². The van der Waals surface area contributed by atoms with Gasteiger partial charge in [-0.05, 0) is 57.1 Å². The fraction of sp³-hybridized carbons (Fsp3) is 0.562. The van der Waals surface area contributed by atoms with Crippen molar-refractivity contribution in [3.63, 3.8) is 0 Å². The number of carboxylic acids is 1. The van der Waals surface area contributed by atoms with E-state index in [9.17, 15) is 4.79 Å². The molecule has 0 fully saturated rings. The number of benzene rings is 1. The molecule has 0 heterocycles. The van der Waals surface area contributed by atoms with E-state index in [1.54, 1.807) is 6.07 Å². The van der Waals surface area contributed by atoms with Crippen molar-refractivity contribution in [2.75, 3.05) is 26.0 Å². The summed E-state index contributed by atoms with van der Waals surface area (Å²) in [6.07, 6.45) is 1.08. The van der Waals surface area contributed by atoms with E-state index in [1.165, 1.54) is 0 Å². The molecule has 0 radical (unpaired) electrons. The van der Waals surface area contributed by atoms with E-state index < -0.39 is 5.97 Å². The van der Waals surface area contributed by atoms with E-state index in [4.69, 9.17) is 5.11 Å². The summed E-state index contributed by atoms with van der Waals surface area (Å²) >= 11 is 0. The van der Waals surface area contributed by atoms with Crippen LogP contribution in [-0.2, 0) is 0 Å². The Morgan fingerprint density at radius 3 is 2.45 bits per heavy atom. The molecule has 0 amide bonds. The van der Waals surface area contributed by atoms with Crippen molar-refractivity contribution in [2.24, 2.45) is 5.92 Å². The standard InChI is InChI=1S/C16H26N2O2/c1-11(2)8-14(10-18(4)5)17-13-6-7-15(16(19)20)12(3)9-13/h6-7,9,11,14,17H,8,10H2,1-5H3,(H,19,20). The summed E-state index contributed by atoms with van der Waals surface area (Å²) in [5.41, 5.74) is 2.14. The smallest absolute Gasteiger partial charge is 0.335 e. The Labute approximate surface area is 121 Å². The van der Waals surface area contributed by atoms with Crippen molar-refractivity contribution in [1.82, 2.24) is 4.90 Å². The highest BCUT2D eigenvalue weighted by Gasteiger charge is 2.13. The molecule has 1 aromatic rings. The quantitative estimate of drug-likeness (QED) is 0.805. The summed E-state index contributed by atoms with van der Waals surface area (Å²) in [6, 6.07) is 5.79. The van der Waals surface area contributed by atoms with Crippen molar-refractivity contribution in [2.45, 2.75) is 33.2 Å². The highest BCUT2D eigenvalue weighted by atomic mass is 16.4. The summed E-state index contributed by atoms with van der Waals surface area (Å²) in [5, 5.41) is 12.6. The fourth-order valence-electron chi connectivity index (χ4n) is 2.42. The fourth-order valence-corrected chi connectivity index (χ4v) is 2.42. The number of nitrogens with one attached hydrogen (secondary N) is 1. The molecule has 112 valence electrons. The first-order valence-electron chi connectivity index (χ1n) is 7.04. The van der Waals surface area contributed by atoms with E-state index in [-0.39, 0.29) is 0 Å². The number of rotatable bonds is 7. The molecule has 20 heavy (non-hydrogen) atoms. The minimum absolute atomic E-state index is 0.361. The second-order valence-electron chi connectivity index (χ2n) is 6.07. The predicted octanol–water partition coefficient (Wildman–Crippen LogP) is 3.08. The maximum Gasteiger partial charge on any atom is 0.335 e. The van der Waals surface area contributed by atoms with Gasteiger partial charge in [0, 0.05) is 18.3 Å². The normalized spacial score (nSPS) is 12.8. The summed E-state index contributed by atoms with van der Waals surface area (Å²) in [6.45, 7) is 7.21. The van der Waals surface area contributed by atoms with Crippen molar-refractivity contribution in [1.29, 1.82) is 0 Å². The predicted molar refractivity (Wildman–Crippen MR) is 83.6 cm³/mol. The van der Waals surface area contributed by atoms with Crippen LogP contribution in [0.5, 0.6) is 0 Å². The van der Waals surface area contributed by atoms with Gasteiger partial charge in [0.05, 0.1) is 5.56 Å². The van der Waals surface area contributed by atoms with E-state index >= 15 is 0 Å². The van der Waals surface area contributed by atoms with Crippen molar-refractivity contribution in [3.05, 3.63) is 29.3 Å². The Balaban J connectivity index is 2.82. The molecule has 0 aromatic heterocycles. The number of hydrogen-bond acceptors (Lipinski definition) is 3. The topological polar surface area (TPSA) is 52.6 Å². The number of carbonyl (C=O) groups is 1. The molecule has 0 spiro atoms. The first kappa shape index (κ1) is 16.5. The average Bonchev–Trinajstić information content (AvgIpc) is 2.26. The van der Waals surface area contributed by atoms with Gasteiger partial charge in [-0.2, -0.15) is 0 Å². The zero-order valence-electron chi connectivity index (χ0n) is 13.1. The minimum Gasteiger partial charge on any atom is -0.478 e. The van der Waals surface area contributed by atoms with E-state index in [0.29, 0.717) is 17.5 Å². The van der Waals surface area contributed by atoms with E-state index in [0.717, 1.165) is 24.2 Å². The van der Waals surface area contributed by atoms with Crippen molar-refractivity contribution in [3.8, 4) is 0 Å². The van der Waals surface area contributed by atoms with Crippen LogP contribution >= 0.6 is 0 Å². The van der Waals surface area contributed by atoms with Gasteiger partial charge in [0.2, 0.25) is 0 Å². The van der Waals surface area contributed by atoms with Crippen LogP contribution in [0.3, 0.4) is 0 Å².